The van der Waals surface area contributed by atoms with Crippen molar-refractivity contribution < 1.29 is 14.0 Å². The van der Waals surface area contributed by atoms with Crippen LogP contribution >= 0.6 is 11.3 Å². The number of unbranched alkanes of at least 4 members (excludes halogenated alkanes) is 1. The quantitative estimate of drug-likeness (QED) is 0.515. The standard InChI is InChI=1S/C22H27FN2O2S/c1-3-5-8-21(26)24(13-4-2)17-22(27)25(16-20-7-6-14-28-20)15-18-9-11-19(23)12-10-18/h4,6-7,9-12,14H,2-3,5,8,13,15-17H2,1H3. The topological polar surface area (TPSA) is 40.6 Å². The van der Waals surface area contributed by atoms with Crippen LogP contribution in [0, 0.1) is 5.82 Å². The molecule has 0 radical (unpaired) electrons. The molecule has 0 atom stereocenters. The first-order chi connectivity index (χ1) is 13.5. The highest BCUT2D eigenvalue weighted by molar-refractivity contribution is 7.09. The molecule has 2 rings (SSSR count). The molecule has 6 heteroatoms. The average Bonchev–Trinajstić information content (AvgIpc) is 3.20. The largest absolute Gasteiger partial charge is 0.332 e. The Bertz CT molecular complexity index is 759. The van der Waals surface area contributed by atoms with Gasteiger partial charge in [-0.05, 0) is 35.6 Å². The van der Waals surface area contributed by atoms with E-state index >= 15 is 0 Å². The Hall–Kier alpha value is -2.47. The summed E-state index contributed by atoms with van der Waals surface area (Å²) in [5.41, 5.74) is 0.846. The van der Waals surface area contributed by atoms with Crippen molar-refractivity contribution in [2.24, 2.45) is 0 Å². The van der Waals surface area contributed by atoms with Crippen LogP contribution in [0.3, 0.4) is 0 Å². The first-order valence-electron chi connectivity index (χ1n) is 9.46. The first-order valence-corrected chi connectivity index (χ1v) is 10.3. The maximum absolute atomic E-state index is 13.2. The lowest BCUT2D eigenvalue weighted by Crippen LogP contribution is -2.42. The fraction of sp³-hybridized carbons (Fsp3) is 0.364. The molecule has 0 N–H and O–H groups in total. The number of nitrogens with zero attached hydrogens (tertiary/aromatic N) is 2. The molecule has 4 nitrogen and oxygen atoms in total. The van der Waals surface area contributed by atoms with Gasteiger partial charge in [0.05, 0.1) is 6.54 Å². The fourth-order valence-electron chi connectivity index (χ4n) is 2.79. The predicted octanol–water partition coefficient (Wildman–Crippen LogP) is 4.62. The van der Waals surface area contributed by atoms with Crippen LogP contribution in [0.2, 0.25) is 0 Å². The highest BCUT2D eigenvalue weighted by Gasteiger charge is 2.21. The van der Waals surface area contributed by atoms with Gasteiger partial charge in [0.1, 0.15) is 12.4 Å². The van der Waals surface area contributed by atoms with Gasteiger partial charge in [-0.15, -0.1) is 17.9 Å². The van der Waals surface area contributed by atoms with Crippen molar-refractivity contribution in [1.82, 2.24) is 9.80 Å². The number of thiophene rings is 1. The van der Waals surface area contributed by atoms with Crippen LogP contribution in [0.15, 0.2) is 54.4 Å². The van der Waals surface area contributed by atoms with E-state index in [4.69, 9.17) is 0 Å². The van der Waals surface area contributed by atoms with Gasteiger partial charge in [0, 0.05) is 24.4 Å². The van der Waals surface area contributed by atoms with E-state index < -0.39 is 0 Å². The molecule has 150 valence electrons. The highest BCUT2D eigenvalue weighted by Crippen LogP contribution is 2.16. The third-order valence-electron chi connectivity index (χ3n) is 4.34. The van der Waals surface area contributed by atoms with Gasteiger partial charge >= 0.3 is 0 Å². The van der Waals surface area contributed by atoms with Crippen molar-refractivity contribution in [3.05, 3.63) is 70.7 Å². The molecular formula is C22H27FN2O2S. The fourth-order valence-corrected chi connectivity index (χ4v) is 3.51. The Morgan fingerprint density at radius 3 is 2.46 bits per heavy atom. The van der Waals surface area contributed by atoms with E-state index in [1.165, 1.54) is 12.1 Å². The summed E-state index contributed by atoms with van der Waals surface area (Å²) in [6.45, 7) is 6.91. The van der Waals surface area contributed by atoms with Gasteiger partial charge < -0.3 is 9.80 Å². The Labute approximate surface area is 170 Å². The molecule has 0 bridgehead atoms. The number of hydrogen-bond acceptors (Lipinski definition) is 3. The van der Waals surface area contributed by atoms with E-state index in [1.807, 2.05) is 24.4 Å². The molecule has 0 aliphatic heterocycles. The van der Waals surface area contributed by atoms with Crippen LogP contribution in [-0.4, -0.2) is 34.7 Å². The van der Waals surface area contributed by atoms with Gasteiger partial charge in [-0.1, -0.05) is 37.6 Å². The SMILES string of the molecule is C=CCN(CC(=O)N(Cc1ccc(F)cc1)Cc1cccs1)C(=O)CCCC. The molecule has 2 amide bonds. The van der Waals surface area contributed by atoms with Gasteiger partial charge in [0.25, 0.3) is 0 Å². The smallest absolute Gasteiger partial charge is 0.242 e. The van der Waals surface area contributed by atoms with Gasteiger partial charge in [-0.3, -0.25) is 9.59 Å². The van der Waals surface area contributed by atoms with E-state index in [9.17, 15) is 14.0 Å². The molecule has 28 heavy (non-hydrogen) atoms. The van der Waals surface area contributed by atoms with Crippen LogP contribution in [0.4, 0.5) is 4.39 Å². The molecule has 0 saturated heterocycles. The molecule has 1 heterocycles. The van der Waals surface area contributed by atoms with Crippen molar-refractivity contribution in [3.63, 3.8) is 0 Å². The van der Waals surface area contributed by atoms with Gasteiger partial charge in [0.15, 0.2) is 0 Å². The second-order valence-electron chi connectivity index (χ2n) is 6.62. The normalized spacial score (nSPS) is 10.5. The van der Waals surface area contributed by atoms with Crippen molar-refractivity contribution in [3.8, 4) is 0 Å². The van der Waals surface area contributed by atoms with Crippen LogP contribution in [0.5, 0.6) is 0 Å². The zero-order valence-corrected chi connectivity index (χ0v) is 17.1. The predicted molar refractivity (Wildman–Crippen MR) is 111 cm³/mol. The Balaban J connectivity index is 2.12. The Morgan fingerprint density at radius 1 is 1.11 bits per heavy atom. The highest BCUT2D eigenvalue weighted by atomic mass is 32.1. The molecule has 0 saturated carbocycles. The number of benzene rings is 1. The third-order valence-corrected chi connectivity index (χ3v) is 5.20. The molecular weight excluding hydrogens is 375 g/mol. The summed E-state index contributed by atoms with van der Waals surface area (Å²) in [6, 6.07) is 10.1. The lowest BCUT2D eigenvalue weighted by molar-refractivity contribution is -0.140. The molecule has 0 spiro atoms. The number of rotatable bonds is 11. The van der Waals surface area contributed by atoms with Crippen LogP contribution in [0.25, 0.3) is 0 Å². The van der Waals surface area contributed by atoms with Crippen LogP contribution in [-0.2, 0) is 22.7 Å². The second kappa shape index (κ2) is 11.4. The lowest BCUT2D eigenvalue weighted by atomic mass is 10.2. The number of carbonyl (C=O) groups is 2. The summed E-state index contributed by atoms with van der Waals surface area (Å²) in [5, 5.41) is 1.97. The molecule has 0 unspecified atom stereocenters. The Kier molecular flexibility index (Phi) is 8.88. The Morgan fingerprint density at radius 2 is 1.86 bits per heavy atom. The van der Waals surface area contributed by atoms with Gasteiger partial charge in [0.2, 0.25) is 11.8 Å². The zero-order chi connectivity index (χ0) is 20.4. The average molecular weight is 403 g/mol. The maximum atomic E-state index is 13.2. The van der Waals surface area contributed by atoms with Crippen LogP contribution in [0.1, 0.15) is 36.6 Å². The minimum absolute atomic E-state index is 0.0150. The summed E-state index contributed by atoms with van der Waals surface area (Å²) in [7, 11) is 0. The molecule has 1 aromatic heterocycles. The molecule has 0 aliphatic rings. The second-order valence-corrected chi connectivity index (χ2v) is 7.65. The molecule has 2 aromatic rings. The first kappa shape index (κ1) is 21.8. The minimum Gasteiger partial charge on any atom is -0.332 e. The molecule has 0 fully saturated rings. The summed E-state index contributed by atoms with van der Waals surface area (Å²) < 4.78 is 13.2. The van der Waals surface area contributed by atoms with E-state index in [-0.39, 0.29) is 24.2 Å². The monoisotopic (exact) mass is 402 g/mol. The van der Waals surface area contributed by atoms with Crippen molar-refractivity contribution >= 4 is 23.2 Å². The van der Waals surface area contributed by atoms with Gasteiger partial charge in [-0.25, -0.2) is 4.39 Å². The van der Waals surface area contributed by atoms with E-state index in [0.717, 1.165) is 23.3 Å². The number of halogens is 1. The number of hydrogen-bond donors (Lipinski definition) is 0. The summed E-state index contributed by atoms with van der Waals surface area (Å²) in [6.07, 6.45) is 3.80. The van der Waals surface area contributed by atoms with Gasteiger partial charge in [-0.2, -0.15) is 0 Å². The van der Waals surface area contributed by atoms with E-state index in [0.29, 0.717) is 26.1 Å². The number of carbonyl (C=O) groups excluding carboxylic acids is 2. The maximum Gasteiger partial charge on any atom is 0.242 e. The van der Waals surface area contributed by atoms with Crippen molar-refractivity contribution in [1.29, 1.82) is 0 Å². The van der Waals surface area contributed by atoms with Crippen molar-refractivity contribution in [2.75, 3.05) is 13.1 Å². The summed E-state index contributed by atoms with van der Waals surface area (Å²) >= 11 is 1.58. The minimum atomic E-state index is -0.307. The van der Waals surface area contributed by atoms with E-state index in [2.05, 4.69) is 6.58 Å². The molecule has 0 aliphatic carbocycles. The zero-order valence-electron chi connectivity index (χ0n) is 16.3. The lowest BCUT2D eigenvalue weighted by Gasteiger charge is -2.27. The molecule has 1 aromatic carbocycles. The third kappa shape index (κ3) is 6.93. The summed E-state index contributed by atoms with van der Waals surface area (Å²) in [5.74, 6) is -0.476. The number of amides is 2. The van der Waals surface area contributed by atoms with E-state index in [1.54, 1.807) is 39.3 Å². The van der Waals surface area contributed by atoms with Crippen LogP contribution < -0.4 is 0 Å². The van der Waals surface area contributed by atoms with Crippen molar-refractivity contribution in [2.45, 2.75) is 39.3 Å². The summed E-state index contributed by atoms with van der Waals surface area (Å²) in [4.78, 5) is 29.8.